The van der Waals surface area contributed by atoms with E-state index in [-0.39, 0.29) is 39.8 Å². The maximum Gasteiger partial charge on any atom is 0.305 e. The van der Waals surface area contributed by atoms with Crippen LogP contribution in [0.1, 0.15) is 49.0 Å². The van der Waals surface area contributed by atoms with E-state index in [4.69, 9.17) is 27.9 Å². The second kappa shape index (κ2) is 10.3. The van der Waals surface area contributed by atoms with Gasteiger partial charge in [-0.15, -0.1) is 0 Å². The molecule has 2 aromatic rings. The van der Waals surface area contributed by atoms with Gasteiger partial charge in [-0.2, -0.15) is 4.31 Å². The predicted molar refractivity (Wildman–Crippen MR) is 128 cm³/mol. The van der Waals surface area contributed by atoms with Gasteiger partial charge < -0.3 is 20.3 Å². The molecule has 2 aliphatic rings. The summed E-state index contributed by atoms with van der Waals surface area (Å²) >= 11 is 11.9. The third-order valence-electron chi connectivity index (χ3n) is 6.14. The van der Waals surface area contributed by atoms with Crippen molar-refractivity contribution in [2.75, 3.05) is 13.2 Å². The van der Waals surface area contributed by atoms with Crippen LogP contribution in [-0.4, -0.2) is 54.0 Å². The van der Waals surface area contributed by atoms with E-state index in [1.165, 1.54) is 24.3 Å². The van der Waals surface area contributed by atoms with Gasteiger partial charge in [0.25, 0.3) is 0 Å². The number of aliphatic carboxylic acids is 1. The molecule has 0 radical (unpaired) electrons. The monoisotopic (exact) mass is 542 g/mol. The number of carbonyl (C=O) groups is 2. The minimum absolute atomic E-state index is 0.0512. The number of phenols is 1. The summed E-state index contributed by atoms with van der Waals surface area (Å²) in [4.78, 5) is 24.4. The number of benzene rings is 2. The van der Waals surface area contributed by atoms with Gasteiger partial charge in [0.15, 0.2) is 0 Å². The molecule has 2 aromatic carbocycles. The molecule has 0 aromatic heterocycles. The number of amides is 1. The minimum Gasteiger partial charge on any atom is -0.508 e. The smallest absolute Gasteiger partial charge is 0.305 e. The first kappa shape index (κ1) is 25.7. The number of hydrogen-bond acceptors (Lipinski definition) is 6. The van der Waals surface area contributed by atoms with E-state index in [2.05, 4.69) is 5.32 Å². The Hall–Kier alpha value is -2.37. The Morgan fingerprint density at radius 2 is 1.86 bits per heavy atom. The zero-order valence-corrected chi connectivity index (χ0v) is 20.8. The van der Waals surface area contributed by atoms with Gasteiger partial charge in [-0.05, 0) is 49.1 Å². The van der Waals surface area contributed by atoms with Crippen LogP contribution in [0.5, 0.6) is 5.75 Å². The van der Waals surface area contributed by atoms with Crippen LogP contribution in [0, 0.1) is 0 Å². The van der Waals surface area contributed by atoms with Gasteiger partial charge in [0.1, 0.15) is 11.8 Å². The number of nitrogens with one attached hydrogen (secondary N) is 1. The first-order chi connectivity index (χ1) is 16.6. The molecule has 35 heavy (non-hydrogen) atoms. The molecule has 188 valence electrons. The summed E-state index contributed by atoms with van der Waals surface area (Å²) in [7, 11) is -4.05. The SMILES string of the molecule is O=C(O)C[C@@H](NC(=O)[C@@H]1CCN1S(=O)(=O)c1cc(Cl)cc(Cl)c1)c1ccc(C2CCCO2)c(O)c1. The summed E-state index contributed by atoms with van der Waals surface area (Å²) in [5, 5.41) is 22.8. The van der Waals surface area contributed by atoms with Crippen molar-refractivity contribution >= 4 is 45.1 Å². The number of sulfonamides is 1. The molecule has 2 heterocycles. The fourth-order valence-electron chi connectivity index (χ4n) is 4.29. The van der Waals surface area contributed by atoms with E-state index in [1.807, 2.05) is 0 Å². The van der Waals surface area contributed by atoms with Gasteiger partial charge in [-0.1, -0.05) is 35.3 Å². The molecule has 1 unspecified atom stereocenters. The highest BCUT2D eigenvalue weighted by Gasteiger charge is 2.43. The zero-order valence-electron chi connectivity index (χ0n) is 18.5. The van der Waals surface area contributed by atoms with Gasteiger partial charge in [-0.3, -0.25) is 9.59 Å². The maximum atomic E-state index is 13.1. The van der Waals surface area contributed by atoms with Crippen molar-refractivity contribution in [3.8, 4) is 5.75 Å². The Kier molecular flexibility index (Phi) is 7.58. The van der Waals surface area contributed by atoms with E-state index < -0.39 is 40.4 Å². The lowest BCUT2D eigenvalue weighted by atomic mass is 9.97. The molecule has 3 atom stereocenters. The molecule has 4 rings (SSSR count). The van der Waals surface area contributed by atoms with Crippen LogP contribution in [0.4, 0.5) is 0 Å². The lowest BCUT2D eigenvalue weighted by Crippen LogP contribution is -2.58. The van der Waals surface area contributed by atoms with Crippen molar-refractivity contribution < 1.29 is 33.0 Å². The van der Waals surface area contributed by atoms with Crippen molar-refractivity contribution in [1.29, 1.82) is 0 Å². The van der Waals surface area contributed by atoms with Gasteiger partial charge in [0.05, 0.1) is 23.5 Å². The van der Waals surface area contributed by atoms with E-state index in [1.54, 1.807) is 12.1 Å². The number of rotatable bonds is 8. The average molecular weight is 543 g/mol. The highest BCUT2D eigenvalue weighted by atomic mass is 35.5. The minimum atomic E-state index is -4.05. The molecule has 0 saturated carbocycles. The largest absolute Gasteiger partial charge is 0.508 e. The van der Waals surface area contributed by atoms with Crippen LogP contribution >= 0.6 is 23.2 Å². The van der Waals surface area contributed by atoms with Crippen LogP contribution in [0.25, 0.3) is 0 Å². The van der Waals surface area contributed by atoms with E-state index in [9.17, 15) is 28.2 Å². The molecule has 3 N–H and O–H groups in total. The van der Waals surface area contributed by atoms with Crippen molar-refractivity contribution in [3.05, 3.63) is 57.6 Å². The highest BCUT2D eigenvalue weighted by Crippen LogP contribution is 2.36. The number of halogens is 2. The molecule has 0 aliphatic carbocycles. The number of nitrogens with zero attached hydrogens (tertiary/aromatic N) is 1. The van der Waals surface area contributed by atoms with Crippen LogP contribution in [0.2, 0.25) is 10.0 Å². The van der Waals surface area contributed by atoms with Crippen LogP contribution < -0.4 is 5.32 Å². The van der Waals surface area contributed by atoms with Gasteiger partial charge in [0.2, 0.25) is 15.9 Å². The van der Waals surface area contributed by atoms with Crippen LogP contribution in [0.15, 0.2) is 41.3 Å². The van der Waals surface area contributed by atoms with Crippen molar-refractivity contribution in [2.24, 2.45) is 0 Å². The molecule has 2 fully saturated rings. The number of carbonyl (C=O) groups excluding carboxylic acids is 1. The normalized spacial score (nSPS) is 21.3. The molecule has 0 spiro atoms. The molecule has 2 saturated heterocycles. The molecule has 2 aliphatic heterocycles. The number of phenolic OH excluding ortho intramolecular Hbond substituents is 1. The number of carboxylic acid groups (broad SMARTS) is 1. The Bertz CT molecular complexity index is 1230. The van der Waals surface area contributed by atoms with Gasteiger partial charge in [0, 0.05) is 28.8 Å². The first-order valence-corrected chi connectivity index (χ1v) is 13.2. The van der Waals surface area contributed by atoms with Crippen LogP contribution in [0.3, 0.4) is 0 Å². The third-order valence-corrected chi connectivity index (χ3v) is 8.47. The topological polar surface area (TPSA) is 133 Å². The average Bonchev–Trinajstić information content (AvgIpc) is 3.25. The Balaban J connectivity index is 1.53. The number of ether oxygens (including phenoxy) is 1. The predicted octanol–water partition coefficient (Wildman–Crippen LogP) is 3.65. The summed E-state index contributed by atoms with van der Waals surface area (Å²) < 4.78 is 32.8. The molecule has 1 amide bonds. The Morgan fingerprint density at radius 1 is 1.14 bits per heavy atom. The second-order valence-corrected chi connectivity index (χ2v) is 11.3. The highest BCUT2D eigenvalue weighted by molar-refractivity contribution is 7.89. The maximum absolute atomic E-state index is 13.1. The lowest BCUT2D eigenvalue weighted by molar-refractivity contribution is -0.138. The summed E-state index contributed by atoms with van der Waals surface area (Å²) in [5.41, 5.74) is 0.985. The van der Waals surface area contributed by atoms with E-state index in [0.717, 1.165) is 17.1 Å². The van der Waals surface area contributed by atoms with E-state index >= 15 is 0 Å². The second-order valence-electron chi connectivity index (χ2n) is 8.50. The molecular formula is C23H24Cl2N2O7S. The fraction of sp³-hybridized carbons (Fsp3) is 0.391. The number of aromatic hydroxyl groups is 1. The third kappa shape index (κ3) is 5.57. The fourth-order valence-corrected chi connectivity index (χ4v) is 6.65. The van der Waals surface area contributed by atoms with Crippen molar-refractivity contribution in [3.63, 3.8) is 0 Å². The molecule has 0 bridgehead atoms. The van der Waals surface area contributed by atoms with E-state index in [0.29, 0.717) is 17.7 Å². The van der Waals surface area contributed by atoms with Crippen molar-refractivity contribution in [1.82, 2.24) is 9.62 Å². The lowest BCUT2D eigenvalue weighted by Gasteiger charge is -2.39. The summed E-state index contributed by atoms with van der Waals surface area (Å²) in [5.74, 6) is -1.85. The number of hydrogen-bond donors (Lipinski definition) is 3. The number of carboxylic acids is 1. The molecule has 9 nitrogen and oxygen atoms in total. The Labute approximate surface area is 212 Å². The zero-order chi connectivity index (χ0) is 25.3. The first-order valence-electron chi connectivity index (χ1n) is 11.0. The van der Waals surface area contributed by atoms with Crippen LogP contribution in [-0.2, 0) is 24.3 Å². The standard InChI is InChI=1S/C23H24Cl2N2O7S/c24-14-9-15(25)11-16(10-14)35(32,33)27-6-5-19(27)23(31)26-18(12-22(29)30)13-3-4-17(20(28)8-13)21-2-1-7-34-21/h3-4,8-11,18-19,21,28H,1-2,5-7,12H2,(H,26,31)(H,29,30)/t18-,19+,21?/m1/s1. The summed E-state index contributed by atoms with van der Waals surface area (Å²) in [6.07, 6.45) is 1.24. The van der Waals surface area contributed by atoms with Gasteiger partial charge >= 0.3 is 5.97 Å². The Morgan fingerprint density at radius 3 is 2.40 bits per heavy atom. The quantitative estimate of drug-likeness (QED) is 0.463. The summed E-state index contributed by atoms with van der Waals surface area (Å²) in [6, 6.07) is 6.61. The molecule has 12 heteroatoms. The summed E-state index contributed by atoms with van der Waals surface area (Å²) in [6.45, 7) is 0.719. The van der Waals surface area contributed by atoms with Crippen molar-refractivity contribution in [2.45, 2.75) is 48.8 Å². The van der Waals surface area contributed by atoms with Gasteiger partial charge in [-0.25, -0.2) is 8.42 Å². The molecular weight excluding hydrogens is 519 g/mol.